The molecule has 0 saturated carbocycles. The first-order valence-electron chi connectivity index (χ1n) is 10.7. The molecule has 10 heteroatoms. The molecular weight excluding hydrogens is 655 g/mol. The Hall–Kier alpha value is -2.82. The van der Waals surface area contributed by atoms with Crippen molar-refractivity contribution in [1.82, 2.24) is 0 Å². The average molecular weight is 677 g/mol. The minimum atomic E-state index is -0.427. The molecule has 0 fully saturated rings. The van der Waals surface area contributed by atoms with Gasteiger partial charge in [0.15, 0.2) is 6.71 Å². The number of hydrogen-bond acceptors (Lipinski definition) is 4. The van der Waals surface area contributed by atoms with Crippen LogP contribution in [0.1, 0.15) is 0 Å². The van der Waals surface area contributed by atoms with E-state index in [0.717, 1.165) is 14.5 Å². The van der Waals surface area contributed by atoms with Gasteiger partial charge in [-0.1, -0.05) is 99.5 Å². The number of para-hydroxylation sites is 2. The van der Waals surface area contributed by atoms with Crippen molar-refractivity contribution >= 4 is 71.3 Å². The molecule has 184 valence electrons. The van der Waals surface area contributed by atoms with E-state index < -0.39 is 4.92 Å². The molecule has 0 saturated heterocycles. The van der Waals surface area contributed by atoms with Gasteiger partial charge in [-0.2, -0.15) is 0 Å². The monoisotopic (exact) mass is 674 g/mol. The zero-order chi connectivity index (χ0) is 26.7. The first kappa shape index (κ1) is 29.4. The lowest BCUT2D eigenvalue weighted by Crippen LogP contribution is -2.21. The molecule has 4 aromatic rings. The number of halogens is 3. The third-order valence-electron chi connectivity index (χ3n) is 4.84. The Kier molecular flexibility index (Phi) is 12.0. The van der Waals surface area contributed by atoms with Crippen molar-refractivity contribution in [3.8, 4) is 11.1 Å². The van der Waals surface area contributed by atoms with E-state index in [0.29, 0.717) is 16.7 Å². The topological polar surface area (TPSA) is 86.3 Å². The second-order valence-electron chi connectivity index (χ2n) is 7.70. The van der Waals surface area contributed by atoms with Crippen molar-refractivity contribution < 1.29 is 9.85 Å². The molecule has 0 bridgehead atoms. The summed E-state index contributed by atoms with van der Waals surface area (Å²) in [4.78, 5) is 20.3. The minimum Gasteiger partial charge on any atom is -0.258 e. The summed E-state index contributed by atoms with van der Waals surface area (Å²) in [6.07, 6.45) is 0. The van der Waals surface area contributed by atoms with Crippen LogP contribution in [0, 0.1) is 20.2 Å². The summed E-state index contributed by atoms with van der Waals surface area (Å²) in [5.74, 6) is 0. The Labute approximate surface area is 235 Å². The summed E-state index contributed by atoms with van der Waals surface area (Å²) in [7, 11) is 0. The maximum Gasteiger partial charge on any atom is 0.283 e. The van der Waals surface area contributed by atoms with Crippen LogP contribution in [0.5, 0.6) is 0 Å². The molecule has 0 heterocycles. The van der Waals surface area contributed by atoms with Crippen molar-refractivity contribution in [3.05, 3.63) is 131 Å². The van der Waals surface area contributed by atoms with Crippen LogP contribution in [0.15, 0.2) is 110 Å². The van der Waals surface area contributed by atoms with Gasteiger partial charge in [0.25, 0.3) is 11.4 Å². The van der Waals surface area contributed by atoms with E-state index in [-0.39, 0.29) is 16.3 Å². The zero-order valence-corrected chi connectivity index (χ0v) is 24.2. The van der Waals surface area contributed by atoms with Gasteiger partial charge in [-0.3, -0.25) is 20.2 Å². The highest BCUT2D eigenvalue weighted by molar-refractivity contribution is 9.11. The van der Waals surface area contributed by atoms with E-state index in [1.807, 2.05) is 24.3 Å². The van der Waals surface area contributed by atoms with E-state index >= 15 is 0 Å². The van der Waals surface area contributed by atoms with Crippen molar-refractivity contribution in [3.63, 3.8) is 0 Å². The van der Waals surface area contributed by atoms with Crippen molar-refractivity contribution in [2.45, 2.75) is 13.6 Å². The van der Waals surface area contributed by atoms with E-state index in [1.54, 1.807) is 36.4 Å². The van der Waals surface area contributed by atoms with Gasteiger partial charge in [0, 0.05) is 21.1 Å². The SMILES string of the molecule is CB(C)c1ccc(Br)cc1.O=[N+]([O-])c1ccccc1-c1ccc(Br)cc1.O=[N+]([O-])c1ccccc1Br. The van der Waals surface area contributed by atoms with Crippen LogP contribution >= 0.6 is 47.8 Å². The first-order valence-corrected chi connectivity index (χ1v) is 13.1. The first-order chi connectivity index (χ1) is 17.1. The molecule has 4 aromatic carbocycles. The van der Waals surface area contributed by atoms with Crippen molar-refractivity contribution in [2.75, 3.05) is 0 Å². The summed E-state index contributed by atoms with van der Waals surface area (Å²) in [5, 5.41) is 21.1. The van der Waals surface area contributed by atoms with Gasteiger partial charge < -0.3 is 0 Å². The van der Waals surface area contributed by atoms with E-state index in [9.17, 15) is 20.2 Å². The largest absolute Gasteiger partial charge is 0.283 e. The van der Waals surface area contributed by atoms with Gasteiger partial charge in [-0.05, 0) is 57.9 Å². The fourth-order valence-electron chi connectivity index (χ4n) is 2.95. The Bertz CT molecular complexity index is 1300. The van der Waals surface area contributed by atoms with Crippen LogP contribution < -0.4 is 5.46 Å². The second kappa shape index (κ2) is 14.7. The number of nitrogens with zero attached hydrogens (tertiary/aromatic N) is 2. The summed E-state index contributed by atoms with van der Waals surface area (Å²) in [6, 6.07) is 29.1. The standard InChI is InChI=1S/C12H8BrNO2.C8H10BBr.C6H4BrNO2/c13-10-7-5-9(6-8-10)11-3-1-2-4-12(11)14(15)16;1-9(2)7-3-5-8(10)6-4-7;7-5-3-1-2-4-6(5)8(9)10/h1-8H;3-6H,1-2H3;1-4H. The molecule has 4 rings (SSSR count). The highest BCUT2D eigenvalue weighted by Gasteiger charge is 2.13. The van der Waals surface area contributed by atoms with Gasteiger partial charge in [0.05, 0.1) is 19.9 Å². The molecule has 0 aliphatic carbocycles. The highest BCUT2D eigenvalue weighted by atomic mass is 79.9. The normalized spacial score (nSPS) is 9.69. The van der Waals surface area contributed by atoms with Crippen LogP contribution in [0.25, 0.3) is 11.1 Å². The summed E-state index contributed by atoms with van der Waals surface area (Å²) in [6.45, 7) is 5.03. The maximum absolute atomic E-state index is 10.9. The van der Waals surface area contributed by atoms with Crippen molar-refractivity contribution in [1.29, 1.82) is 0 Å². The molecule has 6 nitrogen and oxygen atoms in total. The van der Waals surface area contributed by atoms with Gasteiger partial charge in [0.2, 0.25) is 0 Å². The quantitative estimate of drug-likeness (QED) is 0.123. The predicted octanol–water partition coefficient (Wildman–Crippen LogP) is 8.79. The molecule has 0 unspecified atom stereocenters. The van der Waals surface area contributed by atoms with Crippen molar-refractivity contribution in [2.24, 2.45) is 0 Å². The van der Waals surface area contributed by atoms with Crippen LogP contribution in [-0.4, -0.2) is 16.6 Å². The lowest BCUT2D eigenvalue weighted by atomic mass is 9.49. The summed E-state index contributed by atoms with van der Waals surface area (Å²) in [5.41, 5.74) is 3.10. The number of nitro benzene ring substituents is 2. The number of benzene rings is 4. The van der Waals surface area contributed by atoms with Crippen LogP contribution in [0.4, 0.5) is 11.4 Å². The van der Waals surface area contributed by atoms with Crippen LogP contribution in [-0.2, 0) is 0 Å². The summed E-state index contributed by atoms with van der Waals surface area (Å²) >= 11 is 9.78. The molecule has 0 atom stereocenters. The predicted molar refractivity (Wildman–Crippen MR) is 158 cm³/mol. The molecule has 0 spiro atoms. The van der Waals surface area contributed by atoms with Gasteiger partial charge in [-0.15, -0.1) is 0 Å². The number of nitro groups is 2. The molecule has 0 aliphatic rings. The zero-order valence-electron chi connectivity index (χ0n) is 19.5. The molecule has 36 heavy (non-hydrogen) atoms. The molecular formula is C26H22BBr3N2O4. The average Bonchev–Trinajstić information content (AvgIpc) is 2.86. The molecule has 0 aliphatic heterocycles. The van der Waals surface area contributed by atoms with Gasteiger partial charge in [0.1, 0.15) is 0 Å². The summed E-state index contributed by atoms with van der Waals surface area (Å²) < 4.78 is 2.62. The van der Waals surface area contributed by atoms with Crippen LogP contribution in [0.3, 0.4) is 0 Å². The molecule has 0 aromatic heterocycles. The Morgan fingerprint density at radius 2 is 1.06 bits per heavy atom. The maximum atomic E-state index is 10.9. The Morgan fingerprint density at radius 1 is 0.611 bits per heavy atom. The Morgan fingerprint density at radius 3 is 1.50 bits per heavy atom. The minimum absolute atomic E-state index is 0.0995. The second-order valence-corrected chi connectivity index (χ2v) is 10.4. The lowest BCUT2D eigenvalue weighted by Gasteiger charge is -2.02. The third kappa shape index (κ3) is 9.33. The van der Waals surface area contributed by atoms with E-state index in [4.69, 9.17) is 0 Å². The number of hydrogen-bond donors (Lipinski definition) is 0. The van der Waals surface area contributed by atoms with Crippen LogP contribution in [0.2, 0.25) is 13.6 Å². The lowest BCUT2D eigenvalue weighted by molar-refractivity contribution is -0.385. The number of rotatable bonds is 4. The van der Waals surface area contributed by atoms with E-state index in [2.05, 4.69) is 85.7 Å². The van der Waals surface area contributed by atoms with E-state index in [1.165, 1.54) is 17.6 Å². The molecule has 0 radical (unpaired) electrons. The highest BCUT2D eigenvalue weighted by Crippen LogP contribution is 2.30. The molecule has 0 amide bonds. The third-order valence-corrected chi connectivity index (χ3v) is 6.57. The van der Waals surface area contributed by atoms with Gasteiger partial charge >= 0.3 is 0 Å². The molecule has 0 N–H and O–H groups in total. The van der Waals surface area contributed by atoms with Gasteiger partial charge in [-0.25, -0.2) is 0 Å². The fraction of sp³-hybridized carbons (Fsp3) is 0.0769. The smallest absolute Gasteiger partial charge is 0.258 e. The fourth-order valence-corrected chi connectivity index (χ4v) is 3.91. The Balaban J connectivity index is 0.000000200.